The lowest BCUT2D eigenvalue weighted by Gasteiger charge is -2.22. The van der Waals surface area contributed by atoms with Gasteiger partial charge in [-0.3, -0.25) is 5.10 Å². The van der Waals surface area contributed by atoms with Crippen molar-refractivity contribution in [1.82, 2.24) is 15.2 Å². The van der Waals surface area contributed by atoms with E-state index < -0.39 is 9.84 Å². The number of benzene rings is 1. The van der Waals surface area contributed by atoms with Crippen molar-refractivity contribution in [3.05, 3.63) is 54.2 Å². The lowest BCUT2D eigenvalue weighted by molar-refractivity contribution is 0.170. The number of H-pyrrole nitrogens is 1. The second kappa shape index (κ2) is 8.22. The fourth-order valence-electron chi connectivity index (χ4n) is 2.55. The lowest BCUT2D eigenvalue weighted by Crippen LogP contribution is -2.27. The minimum absolute atomic E-state index is 0.0142. The van der Waals surface area contributed by atoms with Gasteiger partial charge in [-0.25, -0.2) is 13.4 Å². The number of anilines is 3. The molecule has 0 bridgehead atoms. The number of nitrogens with one attached hydrogen (secondary N) is 3. The Kier molecular flexibility index (Phi) is 5.90. The predicted molar refractivity (Wildman–Crippen MR) is 112 cm³/mol. The van der Waals surface area contributed by atoms with Crippen molar-refractivity contribution >= 4 is 27.3 Å². The third-order valence-corrected chi connectivity index (χ3v) is 6.05. The first-order valence-corrected chi connectivity index (χ1v) is 10.6. The number of aliphatic hydroxyl groups is 1. The van der Waals surface area contributed by atoms with E-state index in [0.29, 0.717) is 24.0 Å². The van der Waals surface area contributed by atoms with Gasteiger partial charge in [0.1, 0.15) is 11.6 Å². The van der Waals surface area contributed by atoms with Crippen molar-refractivity contribution in [1.29, 1.82) is 0 Å². The molecule has 2 heterocycles. The van der Waals surface area contributed by atoms with Crippen LogP contribution in [0.25, 0.3) is 0 Å². The van der Waals surface area contributed by atoms with Gasteiger partial charge in [-0.05, 0) is 25.1 Å². The first-order chi connectivity index (χ1) is 13.7. The molecule has 1 aromatic carbocycles. The van der Waals surface area contributed by atoms with Gasteiger partial charge in [-0.15, -0.1) is 0 Å². The van der Waals surface area contributed by atoms with Crippen LogP contribution in [0, 0.1) is 12.3 Å². The Morgan fingerprint density at radius 2 is 1.72 bits per heavy atom. The van der Waals surface area contributed by atoms with E-state index in [9.17, 15) is 13.5 Å². The number of rotatable bonds is 8. The quantitative estimate of drug-likeness (QED) is 0.446. The van der Waals surface area contributed by atoms with Crippen LogP contribution in [0.15, 0.2) is 58.3 Å². The zero-order valence-electron chi connectivity index (χ0n) is 16.6. The molecule has 0 spiro atoms. The zero-order chi connectivity index (χ0) is 21.1. The normalized spacial score (nSPS) is 12.0. The van der Waals surface area contributed by atoms with Crippen molar-refractivity contribution in [2.75, 3.05) is 23.8 Å². The molecule has 3 rings (SSSR count). The summed E-state index contributed by atoms with van der Waals surface area (Å²) in [5, 5.41) is 22.6. The summed E-state index contributed by atoms with van der Waals surface area (Å²) in [6.45, 7) is 6.07. The van der Waals surface area contributed by atoms with Gasteiger partial charge in [0, 0.05) is 36.4 Å². The number of aryl methyl sites for hydroxylation is 1. The van der Waals surface area contributed by atoms with E-state index in [1.807, 2.05) is 20.8 Å². The largest absolute Gasteiger partial charge is 0.396 e. The Morgan fingerprint density at radius 3 is 2.34 bits per heavy atom. The van der Waals surface area contributed by atoms with Gasteiger partial charge in [0.15, 0.2) is 5.82 Å². The number of aliphatic hydroxyl groups excluding tert-OH is 1. The van der Waals surface area contributed by atoms with Crippen LogP contribution in [0.1, 0.15) is 19.5 Å². The molecule has 29 heavy (non-hydrogen) atoms. The standard InChI is InChI=1S/C20H25N5O3S/c1-14-9-19(25-24-14)23-18-11-16(29(27,28)15-7-5-4-6-8-15)10-17(22-18)21-12-20(2,3)13-26/h4-11,26H,12-13H2,1-3H3,(H3,21,22,23,24,25). The molecule has 0 fully saturated rings. The van der Waals surface area contributed by atoms with Gasteiger partial charge >= 0.3 is 0 Å². The summed E-state index contributed by atoms with van der Waals surface area (Å²) < 4.78 is 26.2. The zero-order valence-corrected chi connectivity index (χ0v) is 17.4. The first-order valence-electron chi connectivity index (χ1n) is 9.16. The topological polar surface area (TPSA) is 120 Å². The molecule has 154 valence electrons. The number of pyridine rings is 1. The Bertz CT molecular complexity index is 1080. The summed E-state index contributed by atoms with van der Waals surface area (Å²) >= 11 is 0. The SMILES string of the molecule is Cc1cc(Nc2cc(S(=O)(=O)c3ccccc3)cc(NCC(C)(C)CO)n2)n[nH]1. The van der Waals surface area contributed by atoms with Crippen LogP contribution in [0.5, 0.6) is 0 Å². The van der Waals surface area contributed by atoms with Gasteiger partial charge < -0.3 is 15.7 Å². The summed E-state index contributed by atoms with van der Waals surface area (Å²) in [6.07, 6.45) is 0. The molecule has 0 saturated heterocycles. The minimum atomic E-state index is -3.73. The highest BCUT2D eigenvalue weighted by atomic mass is 32.2. The third-order valence-electron chi connectivity index (χ3n) is 4.30. The predicted octanol–water partition coefficient (Wildman–Crippen LogP) is 3.12. The fourth-order valence-corrected chi connectivity index (χ4v) is 3.87. The molecular weight excluding hydrogens is 390 g/mol. The van der Waals surface area contributed by atoms with Gasteiger partial charge in [0.05, 0.1) is 9.79 Å². The van der Waals surface area contributed by atoms with Crippen molar-refractivity contribution in [2.24, 2.45) is 5.41 Å². The minimum Gasteiger partial charge on any atom is -0.396 e. The number of aromatic amines is 1. The van der Waals surface area contributed by atoms with Crippen LogP contribution in [0.4, 0.5) is 17.5 Å². The van der Waals surface area contributed by atoms with Crippen LogP contribution in [-0.2, 0) is 9.84 Å². The molecule has 0 aliphatic rings. The van der Waals surface area contributed by atoms with E-state index in [0.717, 1.165) is 5.69 Å². The Balaban J connectivity index is 2.00. The van der Waals surface area contributed by atoms with Crippen molar-refractivity contribution < 1.29 is 13.5 Å². The van der Waals surface area contributed by atoms with E-state index in [2.05, 4.69) is 25.8 Å². The molecule has 4 N–H and O–H groups in total. The molecule has 0 radical (unpaired) electrons. The molecule has 0 amide bonds. The smallest absolute Gasteiger partial charge is 0.206 e. The van der Waals surface area contributed by atoms with Gasteiger partial charge in [-0.1, -0.05) is 32.0 Å². The lowest BCUT2D eigenvalue weighted by atomic mass is 9.95. The van der Waals surface area contributed by atoms with E-state index >= 15 is 0 Å². The highest BCUT2D eigenvalue weighted by Crippen LogP contribution is 2.27. The van der Waals surface area contributed by atoms with Gasteiger partial charge in [0.25, 0.3) is 0 Å². The van der Waals surface area contributed by atoms with Crippen LogP contribution in [-0.4, -0.2) is 41.9 Å². The average molecular weight is 416 g/mol. The number of sulfone groups is 1. The van der Waals surface area contributed by atoms with E-state index in [4.69, 9.17) is 0 Å². The maximum atomic E-state index is 13.1. The fraction of sp³-hybridized carbons (Fsp3) is 0.300. The summed E-state index contributed by atoms with van der Waals surface area (Å²) in [7, 11) is -3.73. The summed E-state index contributed by atoms with van der Waals surface area (Å²) in [5.74, 6) is 1.27. The molecule has 0 aliphatic carbocycles. The molecule has 0 unspecified atom stereocenters. The summed E-state index contributed by atoms with van der Waals surface area (Å²) in [4.78, 5) is 4.77. The van der Waals surface area contributed by atoms with Crippen LogP contribution in [0.3, 0.4) is 0 Å². The molecule has 9 heteroatoms. The van der Waals surface area contributed by atoms with Crippen LogP contribution >= 0.6 is 0 Å². The Morgan fingerprint density at radius 1 is 1.03 bits per heavy atom. The van der Waals surface area contributed by atoms with Gasteiger partial charge in [0.2, 0.25) is 9.84 Å². The second-order valence-corrected chi connectivity index (χ2v) is 9.58. The molecule has 0 saturated carbocycles. The summed E-state index contributed by atoms with van der Waals surface area (Å²) in [6, 6.07) is 13.0. The van der Waals surface area contributed by atoms with E-state index in [-0.39, 0.29) is 21.8 Å². The third kappa shape index (κ3) is 5.12. The number of hydrogen-bond acceptors (Lipinski definition) is 7. The number of aromatic nitrogens is 3. The second-order valence-electron chi connectivity index (χ2n) is 7.63. The summed E-state index contributed by atoms with van der Waals surface area (Å²) in [5.41, 5.74) is 0.478. The highest BCUT2D eigenvalue weighted by Gasteiger charge is 2.21. The highest BCUT2D eigenvalue weighted by molar-refractivity contribution is 7.91. The van der Waals surface area contributed by atoms with Crippen molar-refractivity contribution in [3.8, 4) is 0 Å². The molecule has 0 atom stereocenters. The first kappa shape index (κ1) is 20.8. The van der Waals surface area contributed by atoms with E-state index in [1.54, 1.807) is 36.4 Å². The Hall–Kier alpha value is -2.91. The molecular formula is C20H25N5O3S. The maximum Gasteiger partial charge on any atom is 0.206 e. The van der Waals surface area contributed by atoms with Crippen molar-refractivity contribution in [2.45, 2.75) is 30.6 Å². The molecule has 3 aromatic rings. The average Bonchev–Trinajstić information content (AvgIpc) is 3.11. The monoisotopic (exact) mass is 415 g/mol. The van der Waals surface area contributed by atoms with Crippen LogP contribution in [0.2, 0.25) is 0 Å². The van der Waals surface area contributed by atoms with E-state index in [1.165, 1.54) is 12.1 Å². The van der Waals surface area contributed by atoms with Crippen LogP contribution < -0.4 is 10.6 Å². The van der Waals surface area contributed by atoms with Crippen molar-refractivity contribution in [3.63, 3.8) is 0 Å². The number of nitrogens with zero attached hydrogens (tertiary/aromatic N) is 2. The molecule has 0 aliphatic heterocycles. The molecule has 2 aromatic heterocycles. The maximum absolute atomic E-state index is 13.1. The number of hydrogen-bond donors (Lipinski definition) is 4. The Labute approximate surface area is 170 Å². The van der Waals surface area contributed by atoms with Gasteiger partial charge in [-0.2, -0.15) is 5.10 Å². The molecule has 8 nitrogen and oxygen atoms in total.